The first-order chi connectivity index (χ1) is 9.24. The molecule has 3 heteroatoms. The molecule has 19 heavy (non-hydrogen) atoms. The van der Waals surface area contributed by atoms with Crippen molar-refractivity contribution in [2.45, 2.75) is 13.0 Å². The van der Waals surface area contributed by atoms with Gasteiger partial charge in [-0.1, -0.05) is 35.9 Å². The van der Waals surface area contributed by atoms with Crippen LogP contribution in [-0.2, 0) is 0 Å². The standard InChI is InChI=1S/C16H15N3/c1-11-2-4-12(5-3-11)16(17)13-6-7-14-15(10-13)19-9-8-18-14/h2-10,16H,17H2,1H3. The summed E-state index contributed by atoms with van der Waals surface area (Å²) >= 11 is 0. The lowest BCUT2D eigenvalue weighted by Gasteiger charge is -2.13. The van der Waals surface area contributed by atoms with Crippen molar-refractivity contribution < 1.29 is 0 Å². The van der Waals surface area contributed by atoms with Crippen LogP contribution in [0.4, 0.5) is 0 Å². The van der Waals surface area contributed by atoms with Crippen molar-refractivity contribution in [3.8, 4) is 0 Å². The Kier molecular flexibility index (Phi) is 2.97. The smallest absolute Gasteiger partial charge is 0.0890 e. The lowest BCUT2D eigenvalue weighted by atomic mass is 9.98. The predicted octanol–water partition coefficient (Wildman–Crippen LogP) is 2.99. The maximum atomic E-state index is 6.31. The van der Waals surface area contributed by atoms with E-state index in [1.54, 1.807) is 12.4 Å². The molecule has 0 saturated carbocycles. The van der Waals surface area contributed by atoms with Crippen molar-refractivity contribution in [1.29, 1.82) is 0 Å². The van der Waals surface area contributed by atoms with Gasteiger partial charge in [0.1, 0.15) is 0 Å². The Morgan fingerprint density at radius 3 is 2.21 bits per heavy atom. The normalized spacial score (nSPS) is 12.5. The molecule has 1 aromatic heterocycles. The van der Waals surface area contributed by atoms with Crippen molar-refractivity contribution in [2.75, 3.05) is 0 Å². The van der Waals surface area contributed by atoms with Gasteiger partial charge in [0.25, 0.3) is 0 Å². The van der Waals surface area contributed by atoms with E-state index in [1.807, 2.05) is 18.2 Å². The summed E-state index contributed by atoms with van der Waals surface area (Å²) in [5.74, 6) is 0. The van der Waals surface area contributed by atoms with Crippen LogP contribution in [-0.4, -0.2) is 9.97 Å². The van der Waals surface area contributed by atoms with Gasteiger partial charge in [-0.2, -0.15) is 0 Å². The van der Waals surface area contributed by atoms with Gasteiger partial charge in [-0.15, -0.1) is 0 Å². The highest BCUT2D eigenvalue weighted by Gasteiger charge is 2.09. The zero-order chi connectivity index (χ0) is 13.2. The first-order valence-electron chi connectivity index (χ1n) is 6.27. The molecule has 0 amide bonds. The van der Waals surface area contributed by atoms with E-state index in [-0.39, 0.29) is 6.04 Å². The van der Waals surface area contributed by atoms with Crippen LogP contribution in [0.2, 0.25) is 0 Å². The number of rotatable bonds is 2. The maximum Gasteiger partial charge on any atom is 0.0890 e. The van der Waals surface area contributed by atoms with Gasteiger partial charge >= 0.3 is 0 Å². The highest BCUT2D eigenvalue weighted by atomic mass is 14.8. The quantitative estimate of drug-likeness (QED) is 0.759. The minimum absolute atomic E-state index is 0.132. The number of hydrogen-bond acceptors (Lipinski definition) is 3. The molecule has 0 saturated heterocycles. The molecule has 94 valence electrons. The molecule has 2 aromatic carbocycles. The monoisotopic (exact) mass is 249 g/mol. The fraction of sp³-hybridized carbons (Fsp3) is 0.125. The number of fused-ring (bicyclic) bond motifs is 1. The van der Waals surface area contributed by atoms with Gasteiger partial charge in [0.15, 0.2) is 0 Å². The molecule has 1 heterocycles. The summed E-state index contributed by atoms with van der Waals surface area (Å²) in [7, 11) is 0. The van der Waals surface area contributed by atoms with Crippen LogP contribution in [0.1, 0.15) is 22.7 Å². The largest absolute Gasteiger partial charge is 0.320 e. The van der Waals surface area contributed by atoms with Crippen LogP contribution < -0.4 is 5.73 Å². The van der Waals surface area contributed by atoms with Crippen molar-refractivity contribution in [1.82, 2.24) is 9.97 Å². The van der Waals surface area contributed by atoms with E-state index in [0.29, 0.717) is 0 Å². The van der Waals surface area contributed by atoms with Crippen LogP contribution in [0, 0.1) is 6.92 Å². The van der Waals surface area contributed by atoms with Crippen LogP contribution in [0.15, 0.2) is 54.9 Å². The molecule has 0 aliphatic heterocycles. The van der Waals surface area contributed by atoms with E-state index in [1.165, 1.54) is 5.56 Å². The lowest BCUT2D eigenvalue weighted by molar-refractivity contribution is 0.872. The Morgan fingerprint density at radius 2 is 1.47 bits per heavy atom. The fourth-order valence-electron chi connectivity index (χ4n) is 2.14. The van der Waals surface area contributed by atoms with Crippen molar-refractivity contribution in [2.24, 2.45) is 5.73 Å². The molecule has 3 nitrogen and oxygen atoms in total. The van der Waals surface area contributed by atoms with E-state index < -0.39 is 0 Å². The molecule has 0 fully saturated rings. The van der Waals surface area contributed by atoms with Gasteiger partial charge in [-0.3, -0.25) is 9.97 Å². The summed E-state index contributed by atoms with van der Waals surface area (Å²) in [5.41, 5.74) is 11.5. The molecule has 2 N–H and O–H groups in total. The molecule has 0 spiro atoms. The highest BCUT2D eigenvalue weighted by molar-refractivity contribution is 5.74. The van der Waals surface area contributed by atoms with Gasteiger partial charge in [-0.25, -0.2) is 0 Å². The molecule has 0 aliphatic rings. The van der Waals surface area contributed by atoms with Crippen LogP contribution >= 0.6 is 0 Å². The highest BCUT2D eigenvalue weighted by Crippen LogP contribution is 2.22. The number of nitrogens with two attached hydrogens (primary N) is 1. The first-order valence-corrected chi connectivity index (χ1v) is 6.27. The number of hydrogen-bond donors (Lipinski definition) is 1. The van der Waals surface area contributed by atoms with E-state index in [9.17, 15) is 0 Å². The zero-order valence-electron chi connectivity index (χ0n) is 10.7. The Morgan fingerprint density at radius 1 is 0.842 bits per heavy atom. The third-order valence-corrected chi connectivity index (χ3v) is 3.29. The van der Waals surface area contributed by atoms with Gasteiger partial charge in [0, 0.05) is 12.4 Å². The Bertz CT molecular complexity index is 705. The molecule has 1 atom stereocenters. The SMILES string of the molecule is Cc1ccc(C(N)c2ccc3nccnc3c2)cc1. The second kappa shape index (κ2) is 4.78. The molecule has 3 aromatic rings. The van der Waals surface area contributed by atoms with E-state index in [0.717, 1.165) is 22.2 Å². The second-order valence-electron chi connectivity index (χ2n) is 4.69. The molecule has 3 rings (SSSR count). The van der Waals surface area contributed by atoms with E-state index in [2.05, 4.69) is 41.2 Å². The van der Waals surface area contributed by atoms with E-state index in [4.69, 9.17) is 5.73 Å². The Balaban J connectivity index is 2.01. The number of nitrogens with zero attached hydrogens (tertiary/aromatic N) is 2. The van der Waals surface area contributed by atoms with Crippen molar-refractivity contribution in [3.05, 3.63) is 71.5 Å². The van der Waals surface area contributed by atoms with Crippen molar-refractivity contribution in [3.63, 3.8) is 0 Å². The summed E-state index contributed by atoms with van der Waals surface area (Å²) < 4.78 is 0. The minimum atomic E-state index is -0.132. The Hall–Kier alpha value is -2.26. The van der Waals surface area contributed by atoms with Crippen LogP contribution in [0.25, 0.3) is 11.0 Å². The lowest BCUT2D eigenvalue weighted by Crippen LogP contribution is -2.11. The predicted molar refractivity (Wildman–Crippen MR) is 76.7 cm³/mol. The molecule has 0 aliphatic carbocycles. The maximum absolute atomic E-state index is 6.31. The second-order valence-corrected chi connectivity index (χ2v) is 4.69. The van der Waals surface area contributed by atoms with Gasteiger partial charge < -0.3 is 5.73 Å². The molecule has 1 unspecified atom stereocenters. The van der Waals surface area contributed by atoms with Crippen molar-refractivity contribution >= 4 is 11.0 Å². The van der Waals surface area contributed by atoms with Crippen LogP contribution in [0.5, 0.6) is 0 Å². The Labute approximate surface area is 112 Å². The third kappa shape index (κ3) is 2.33. The zero-order valence-corrected chi connectivity index (χ0v) is 10.7. The van der Waals surface area contributed by atoms with Crippen LogP contribution in [0.3, 0.4) is 0 Å². The molecular formula is C16H15N3. The fourth-order valence-corrected chi connectivity index (χ4v) is 2.14. The summed E-state index contributed by atoms with van der Waals surface area (Å²) in [6.45, 7) is 2.07. The van der Waals surface area contributed by atoms with Gasteiger partial charge in [-0.05, 0) is 30.2 Å². The number of benzene rings is 2. The number of aromatic nitrogens is 2. The average Bonchev–Trinajstić information content (AvgIpc) is 2.47. The third-order valence-electron chi connectivity index (χ3n) is 3.29. The molecule has 0 bridgehead atoms. The topological polar surface area (TPSA) is 51.8 Å². The average molecular weight is 249 g/mol. The summed E-state index contributed by atoms with van der Waals surface area (Å²) in [5, 5.41) is 0. The minimum Gasteiger partial charge on any atom is -0.320 e. The van der Waals surface area contributed by atoms with Gasteiger partial charge in [0.05, 0.1) is 17.1 Å². The first kappa shape index (κ1) is 11.8. The molecule has 0 radical (unpaired) electrons. The van der Waals surface area contributed by atoms with E-state index >= 15 is 0 Å². The number of aryl methyl sites for hydroxylation is 1. The van der Waals surface area contributed by atoms with Gasteiger partial charge in [0.2, 0.25) is 0 Å². The molecular weight excluding hydrogens is 234 g/mol. The summed E-state index contributed by atoms with van der Waals surface area (Å²) in [6, 6.07) is 14.2. The summed E-state index contributed by atoms with van der Waals surface area (Å²) in [6.07, 6.45) is 3.39. The summed E-state index contributed by atoms with van der Waals surface area (Å²) in [4.78, 5) is 8.58.